The minimum atomic E-state index is -1.09. The number of allylic oxidation sites excluding steroid dienone is 1. The molecule has 0 radical (unpaired) electrons. The smallest absolute Gasteiger partial charge is 0.317 e. The van der Waals surface area contributed by atoms with Crippen LogP contribution in [0.3, 0.4) is 0 Å². The molecule has 0 amide bonds. The lowest BCUT2D eigenvalue weighted by molar-refractivity contribution is -0.138. The fourth-order valence-electron chi connectivity index (χ4n) is 0.745. The van der Waals surface area contributed by atoms with Crippen molar-refractivity contribution in [3.8, 4) is 0 Å². The molecular formula is C7H5NO3. The first-order valence-electron chi connectivity index (χ1n) is 2.94. The van der Waals surface area contributed by atoms with Crippen molar-refractivity contribution in [1.82, 2.24) is 0 Å². The Morgan fingerprint density at radius 2 is 2.45 bits per heavy atom. The summed E-state index contributed by atoms with van der Waals surface area (Å²) in [7, 11) is 0. The van der Waals surface area contributed by atoms with E-state index in [4.69, 9.17) is 5.11 Å². The van der Waals surface area contributed by atoms with E-state index in [2.05, 4.69) is 4.99 Å². The lowest BCUT2D eigenvalue weighted by Gasteiger charge is -2.06. The van der Waals surface area contributed by atoms with Crippen LogP contribution in [-0.4, -0.2) is 23.2 Å². The van der Waals surface area contributed by atoms with Gasteiger partial charge in [0.1, 0.15) is 17.6 Å². The Labute approximate surface area is 62.6 Å². The maximum absolute atomic E-state index is 10.4. The van der Waals surface area contributed by atoms with E-state index >= 15 is 0 Å². The zero-order valence-electron chi connectivity index (χ0n) is 5.52. The molecule has 0 aromatic heterocycles. The van der Waals surface area contributed by atoms with Gasteiger partial charge in [0.15, 0.2) is 0 Å². The SMILES string of the molecule is O=C=C1N=CC=CC1C(=O)O. The van der Waals surface area contributed by atoms with E-state index < -0.39 is 11.9 Å². The Morgan fingerprint density at radius 1 is 1.73 bits per heavy atom. The molecule has 0 aliphatic carbocycles. The third kappa shape index (κ3) is 1.42. The number of carboxylic acids is 1. The molecule has 1 aliphatic heterocycles. The average molecular weight is 151 g/mol. The zero-order valence-corrected chi connectivity index (χ0v) is 5.52. The van der Waals surface area contributed by atoms with Crippen LogP contribution in [0.5, 0.6) is 0 Å². The fourth-order valence-corrected chi connectivity index (χ4v) is 0.745. The third-order valence-corrected chi connectivity index (χ3v) is 1.27. The van der Waals surface area contributed by atoms with Crippen molar-refractivity contribution in [3.63, 3.8) is 0 Å². The summed E-state index contributed by atoms with van der Waals surface area (Å²) >= 11 is 0. The third-order valence-electron chi connectivity index (χ3n) is 1.27. The van der Waals surface area contributed by atoms with Crippen molar-refractivity contribution in [3.05, 3.63) is 17.8 Å². The van der Waals surface area contributed by atoms with E-state index in [1.165, 1.54) is 24.3 Å². The molecule has 0 spiro atoms. The molecule has 0 bridgehead atoms. The number of rotatable bonds is 1. The predicted molar refractivity (Wildman–Crippen MR) is 38.0 cm³/mol. The van der Waals surface area contributed by atoms with Crippen LogP contribution in [0.4, 0.5) is 0 Å². The van der Waals surface area contributed by atoms with Gasteiger partial charge in [-0.2, -0.15) is 0 Å². The summed E-state index contributed by atoms with van der Waals surface area (Å²) in [4.78, 5) is 24.1. The quantitative estimate of drug-likeness (QED) is 0.538. The van der Waals surface area contributed by atoms with Crippen LogP contribution < -0.4 is 0 Å². The van der Waals surface area contributed by atoms with Crippen LogP contribution in [0.2, 0.25) is 0 Å². The van der Waals surface area contributed by atoms with E-state index in [1.807, 2.05) is 0 Å². The maximum Gasteiger partial charge on any atom is 0.317 e. The number of hydrogen-bond donors (Lipinski definition) is 1. The summed E-state index contributed by atoms with van der Waals surface area (Å²) in [5.74, 6) is -0.548. The van der Waals surface area contributed by atoms with E-state index in [-0.39, 0.29) is 5.70 Å². The summed E-state index contributed by atoms with van der Waals surface area (Å²) in [5.41, 5.74) is -0.0833. The zero-order chi connectivity index (χ0) is 8.27. The van der Waals surface area contributed by atoms with E-state index in [0.717, 1.165) is 0 Å². The Hall–Kier alpha value is -1.67. The first-order chi connectivity index (χ1) is 5.25. The molecule has 56 valence electrons. The van der Waals surface area contributed by atoms with Crippen molar-refractivity contribution in [2.45, 2.75) is 0 Å². The number of aliphatic imine (C=N–C) groups is 1. The number of dihydropyridines is 1. The van der Waals surface area contributed by atoms with Crippen molar-refractivity contribution in [1.29, 1.82) is 0 Å². The van der Waals surface area contributed by atoms with Gasteiger partial charge in [-0.1, -0.05) is 6.08 Å². The highest BCUT2D eigenvalue weighted by Gasteiger charge is 2.21. The standard InChI is InChI=1S/C7H5NO3/c9-4-6-5(7(10)11)2-1-3-8-6/h1-3,5H,(H,10,11). The minimum Gasteiger partial charge on any atom is -0.480 e. The Balaban J connectivity index is 2.97. The summed E-state index contributed by atoms with van der Waals surface area (Å²) in [5, 5.41) is 8.51. The molecule has 1 heterocycles. The highest BCUT2D eigenvalue weighted by atomic mass is 16.4. The van der Waals surface area contributed by atoms with Crippen LogP contribution in [0.15, 0.2) is 22.8 Å². The van der Waals surface area contributed by atoms with Gasteiger partial charge in [-0.05, 0) is 6.08 Å². The van der Waals surface area contributed by atoms with Gasteiger partial charge < -0.3 is 5.11 Å². The lowest BCUT2D eigenvalue weighted by atomic mass is 10.1. The molecule has 1 unspecified atom stereocenters. The van der Waals surface area contributed by atoms with Gasteiger partial charge in [-0.25, -0.2) is 9.79 Å². The van der Waals surface area contributed by atoms with Crippen molar-refractivity contribution >= 4 is 18.1 Å². The second kappa shape index (κ2) is 2.94. The number of carboxylic acid groups (broad SMARTS) is 1. The van der Waals surface area contributed by atoms with E-state index in [1.54, 1.807) is 0 Å². The Morgan fingerprint density at radius 3 is 2.91 bits per heavy atom. The Bertz CT molecular complexity index is 284. The number of nitrogens with zero attached hydrogens (tertiary/aromatic N) is 1. The molecule has 0 saturated carbocycles. The molecule has 0 aromatic rings. The van der Waals surface area contributed by atoms with Gasteiger partial charge >= 0.3 is 5.97 Å². The molecule has 4 nitrogen and oxygen atoms in total. The number of aliphatic carboxylic acids is 1. The molecule has 4 heteroatoms. The predicted octanol–water partition coefficient (Wildman–Crippen LogP) is 0.0433. The van der Waals surface area contributed by atoms with Gasteiger partial charge in [0.05, 0.1) is 0 Å². The largest absolute Gasteiger partial charge is 0.480 e. The minimum absolute atomic E-state index is 0.0833. The monoisotopic (exact) mass is 151 g/mol. The van der Waals surface area contributed by atoms with Crippen molar-refractivity contribution < 1.29 is 14.7 Å². The molecule has 11 heavy (non-hydrogen) atoms. The average Bonchev–Trinajstić information content (AvgIpc) is 2.04. The van der Waals surface area contributed by atoms with Crippen molar-refractivity contribution in [2.75, 3.05) is 0 Å². The second-order valence-corrected chi connectivity index (χ2v) is 1.97. The van der Waals surface area contributed by atoms with Gasteiger partial charge in [-0.15, -0.1) is 0 Å². The highest BCUT2D eigenvalue weighted by molar-refractivity contribution is 5.86. The number of carbonyl (C=O) groups excluding carboxylic acids is 1. The molecule has 0 fully saturated rings. The summed E-state index contributed by atoms with van der Waals surface area (Å²) in [6.07, 6.45) is 4.23. The first kappa shape index (κ1) is 7.44. The summed E-state index contributed by atoms with van der Waals surface area (Å²) in [6, 6.07) is 0. The number of hydrogen-bond acceptors (Lipinski definition) is 3. The molecular weight excluding hydrogens is 146 g/mol. The van der Waals surface area contributed by atoms with Gasteiger partial charge in [0.2, 0.25) is 0 Å². The Kier molecular flexibility index (Phi) is 1.99. The van der Waals surface area contributed by atoms with Crippen LogP contribution in [-0.2, 0) is 9.59 Å². The molecule has 1 N–H and O–H groups in total. The summed E-state index contributed by atoms with van der Waals surface area (Å²) < 4.78 is 0. The highest BCUT2D eigenvalue weighted by Crippen LogP contribution is 2.13. The van der Waals surface area contributed by atoms with E-state index in [9.17, 15) is 9.59 Å². The lowest BCUT2D eigenvalue weighted by Crippen LogP contribution is -2.15. The van der Waals surface area contributed by atoms with E-state index in [0.29, 0.717) is 0 Å². The summed E-state index contributed by atoms with van der Waals surface area (Å²) in [6.45, 7) is 0. The van der Waals surface area contributed by atoms with Gasteiger partial charge in [0.25, 0.3) is 0 Å². The van der Waals surface area contributed by atoms with Crippen molar-refractivity contribution in [2.24, 2.45) is 10.9 Å². The van der Waals surface area contributed by atoms with Gasteiger partial charge in [0, 0.05) is 6.21 Å². The van der Waals surface area contributed by atoms with Crippen LogP contribution in [0.25, 0.3) is 0 Å². The molecule has 0 saturated heterocycles. The molecule has 1 aliphatic rings. The van der Waals surface area contributed by atoms with Crippen LogP contribution >= 0.6 is 0 Å². The normalized spacial score (nSPS) is 21.5. The van der Waals surface area contributed by atoms with Crippen LogP contribution in [0.1, 0.15) is 0 Å². The molecule has 1 atom stereocenters. The second-order valence-electron chi connectivity index (χ2n) is 1.97. The molecule has 0 aromatic carbocycles. The molecule has 1 rings (SSSR count). The van der Waals surface area contributed by atoms with Gasteiger partial charge in [-0.3, -0.25) is 4.79 Å². The maximum atomic E-state index is 10.4. The van der Waals surface area contributed by atoms with Crippen LogP contribution in [0, 0.1) is 5.92 Å². The first-order valence-corrected chi connectivity index (χ1v) is 2.94. The fraction of sp³-hybridized carbons (Fsp3) is 0.143. The topological polar surface area (TPSA) is 66.7 Å². The number of carbonyl (C=O) groups is 1.